The summed E-state index contributed by atoms with van der Waals surface area (Å²) in [6.45, 7) is 1.63. The van der Waals surface area contributed by atoms with E-state index in [1.54, 1.807) is 19.1 Å². The van der Waals surface area contributed by atoms with E-state index in [0.29, 0.717) is 0 Å². The van der Waals surface area contributed by atoms with Crippen molar-refractivity contribution in [3.63, 3.8) is 0 Å². The number of methoxy groups -OCH3 is 1. The largest absolute Gasteiger partial charge is 0.466 e. The zero-order valence-electron chi connectivity index (χ0n) is 14.4. The van der Waals surface area contributed by atoms with Gasteiger partial charge in [-0.25, -0.2) is 9.59 Å². The lowest BCUT2D eigenvalue weighted by Gasteiger charge is -2.25. The highest BCUT2D eigenvalue weighted by Gasteiger charge is 2.48. The fraction of sp³-hybridized carbons (Fsp3) is 0.263. The highest BCUT2D eigenvalue weighted by atomic mass is 16.6. The van der Waals surface area contributed by atoms with Crippen LogP contribution in [0.4, 0.5) is 11.4 Å². The third-order valence-corrected chi connectivity index (χ3v) is 3.87. The molecular weight excluding hydrogens is 322 g/mol. The molecule has 0 fully saturated rings. The van der Waals surface area contributed by atoms with Gasteiger partial charge in [0.1, 0.15) is 0 Å². The number of esters is 2. The first-order chi connectivity index (χ1) is 11.9. The predicted octanol–water partition coefficient (Wildman–Crippen LogP) is 2.38. The van der Waals surface area contributed by atoms with Crippen LogP contribution in [0.1, 0.15) is 12.5 Å². The summed E-state index contributed by atoms with van der Waals surface area (Å²) in [5.41, 5.74) is -0.605. The molecule has 0 radical (unpaired) electrons. The van der Waals surface area contributed by atoms with Gasteiger partial charge < -0.3 is 19.5 Å². The van der Waals surface area contributed by atoms with E-state index in [4.69, 9.17) is 4.74 Å². The van der Waals surface area contributed by atoms with Crippen molar-refractivity contribution in [1.82, 2.24) is 0 Å². The maximum absolute atomic E-state index is 12.1. The minimum absolute atomic E-state index is 0.0347. The first-order valence-corrected chi connectivity index (χ1v) is 7.82. The molecule has 2 aromatic carbocycles. The highest BCUT2D eigenvalue weighted by molar-refractivity contribution is 6.04. The van der Waals surface area contributed by atoms with E-state index in [-0.39, 0.29) is 12.2 Å². The lowest BCUT2D eigenvalue weighted by Crippen LogP contribution is -2.45. The molecule has 0 amide bonds. The number of carbonyl (C=O) groups is 2. The number of rotatable bonds is 6. The fourth-order valence-electron chi connectivity index (χ4n) is 2.43. The molecule has 2 rings (SSSR count). The average molecular weight is 343 g/mol. The molecule has 0 saturated heterocycles. The maximum atomic E-state index is 12.1. The quantitative estimate of drug-likeness (QED) is 0.641. The van der Waals surface area contributed by atoms with E-state index in [1.165, 1.54) is 12.1 Å². The van der Waals surface area contributed by atoms with Gasteiger partial charge in [-0.1, -0.05) is 30.3 Å². The van der Waals surface area contributed by atoms with Gasteiger partial charge in [-0.05, 0) is 31.2 Å². The molecule has 0 heterocycles. The Balaban J connectivity index is 2.35. The fourth-order valence-corrected chi connectivity index (χ4v) is 2.43. The zero-order valence-corrected chi connectivity index (χ0v) is 14.4. The van der Waals surface area contributed by atoms with Gasteiger partial charge in [-0.2, -0.15) is 0 Å². The SMILES string of the molecule is CCOC(=O)C(O)(C(=O)OC)c1ccc(N(C)c2ccccc2)cc1. The van der Waals surface area contributed by atoms with Crippen LogP contribution in [0, 0.1) is 0 Å². The molecule has 6 nitrogen and oxygen atoms in total. The van der Waals surface area contributed by atoms with Gasteiger partial charge in [0.25, 0.3) is 5.60 Å². The van der Waals surface area contributed by atoms with Crippen LogP contribution in [0.25, 0.3) is 0 Å². The van der Waals surface area contributed by atoms with Crippen LogP contribution in [0.5, 0.6) is 0 Å². The number of aliphatic hydroxyl groups is 1. The summed E-state index contributed by atoms with van der Waals surface area (Å²) >= 11 is 0. The molecule has 1 N–H and O–H groups in total. The number of anilines is 2. The Bertz CT molecular complexity index is 729. The number of ether oxygens (including phenoxy) is 2. The molecule has 0 aromatic heterocycles. The first-order valence-electron chi connectivity index (χ1n) is 7.82. The maximum Gasteiger partial charge on any atom is 0.354 e. The third-order valence-electron chi connectivity index (χ3n) is 3.87. The van der Waals surface area contributed by atoms with Gasteiger partial charge in [-0.15, -0.1) is 0 Å². The van der Waals surface area contributed by atoms with Crippen LogP contribution < -0.4 is 4.90 Å². The number of para-hydroxylation sites is 1. The number of carbonyl (C=O) groups excluding carboxylic acids is 2. The van der Waals surface area contributed by atoms with Crippen LogP contribution in [-0.2, 0) is 24.7 Å². The Kier molecular flexibility index (Phi) is 5.77. The molecule has 6 heteroatoms. The Morgan fingerprint density at radius 1 is 1.00 bits per heavy atom. The molecule has 0 aliphatic heterocycles. The van der Waals surface area contributed by atoms with Crippen LogP contribution in [0.15, 0.2) is 54.6 Å². The molecule has 0 saturated carbocycles. The van der Waals surface area contributed by atoms with E-state index in [9.17, 15) is 14.7 Å². The van der Waals surface area contributed by atoms with Crippen LogP contribution in [0.2, 0.25) is 0 Å². The second-order valence-corrected chi connectivity index (χ2v) is 5.36. The summed E-state index contributed by atoms with van der Waals surface area (Å²) in [5, 5.41) is 10.6. The summed E-state index contributed by atoms with van der Waals surface area (Å²) in [7, 11) is 2.99. The predicted molar refractivity (Wildman–Crippen MR) is 93.5 cm³/mol. The van der Waals surface area contributed by atoms with E-state index >= 15 is 0 Å². The van der Waals surface area contributed by atoms with Gasteiger partial charge in [0.05, 0.1) is 13.7 Å². The number of benzene rings is 2. The topological polar surface area (TPSA) is 76.1 Å². The van der Waals surface area contributed by atoms with E-state index in [1.807, 2.05) is 42.3 Å². The molecular formula is C19H21NO5. The van der Waals surface area contributed by atoms with Crippen molar-refractivity contribution in [2.24, 2.45) is 0 Å². The second-order valence-electron chi connectivity index (χ2n) is 5.36. The van der Waals surface area contributed by atoms with Crippen molar-refractivity contribution in [2.75, 3.05) is 25.7 Å². The van der Waals surface area contributed by atoms with Crippen LogP contribution >= 0.6 is 0 Å². The van der Waals surface area contributed by atoms with Gasteiger partial charge in [0.15, 0.2) is 0 Å². The lowest BCUT2D eigenvalue weighted by molar-refractivity contribution is -0.183. The molecule has 132 valence electrons. The Morgan fingerprint density at radius 2 is 1.56 bits per heavy atom. The number of nitrogens with zero attached hydrogens (tertiary/aromatic N) is 1. The molecule has 0 aliphatic rings. The monoisotopic (exact) mass is 343 g/mol. The minimum atomic E-state index is -2.49. The minimum Gasteiger partial charge on any atom is -0.466 e. The standard InChI is InChI=1S/C19H21NO5/c1-4-25-18(22)19(23,17(21)24-3)14-10-12-16(13-11-14)20(2)15-8-6-5-7-9-15/h5-13,23H,4H2,1-3H3. The lowest BCUT2D eigenvalue weighted by atomic mass is 9.93. The Labute approximate surface area is 146 Å². The summed E-state index contributed by atoms with van der Waals surface area (Å²) in [4.78, 5) is 26.1. The molecule has 0 aliphatic carbocycles. The Morgan fingerprint density at radius 3 is 2.08 bits per heavy atom. The second kappa shape index (κ2) is 7.81. The summed E-state index contributed by atoms with van der Waals surface area (Å²) in [6.07, 6.45) is 0. The van der Waals surface area contributed by atoms with Crippen molar-refractivity contribution < 1.29 is 24.2 Å². The Hall–Kier alpha value is -2.86. The first kappa shape index (κ1) is 18.5. The van der Waals surface area contributed by atoms with E-state index in [2.05, 4.69) is 4.74 Å². The average Bonchev–Trinajstić information content (AvgIpc) is 2.67. The third kappa shape index (κ3) is 3.64. The van der Waals surface area contributed by atoms with Gasteiger partial charge in [0, 0.05) is 24.0 Å². The normalized spacial score (nSPS) is 12.8. The van der Waals surface area contributed by atoms with Crippen molar-refractivity contribution in [1.29, 1.82) is 0 Å². The molecule has 1 atom stereocenters. The van der Waals surface area contributed by atoms with Crippen LogP contribution in [-0.4, -0.2) is 37.8 Å². The number of hydrogen-bond acceptors (Lipinski definition) is 6. The van der Waals surface area contributed by atoms with Crippen molar-refractivity contribution >= 4 is 23.3 Å². The van der Waals surface area contributed by atoms with E-state index < -0.39 is 17.5 Å². The molecule has 25 heavy (non-hydrogen) atoms. The van der Waals surface area contributed by atoms with Gasteiger partial charge >= 0.3 is 11.9 Å². The summed E-state index contributed by atoms with van der Waals surface area (Å²) in [6, 6.07) is 16.1. The van der Waals surface area contributed by atoms with Crippen molar-refractivity contribution in [3.8, 4) is 0 Å². The van der Waals surface area contributed by atoms with Crippen molar-refractivity contribution in [3.05, 3.63) is 60.2 Å². The highest BCUT2D eigenvalue weighted by Crippen LogP contribution is 2.29. The van der Waals surface area contributed by atoms with E-state index in [0.717, 1.165) is 18.5 Å². The molecule has 1 unspecified atom stereocenters. The zero-order chi connectivity index (χ0) is 18.4. The van der Waals surface area contributed by atoms with Gasteiger partial charge in [0.2, 0.25) is 0 Å². The number of hydrogen-bond donors (Lipinski definition) is 1. The van der Waals surface area contributed by atoms with Crippen molar-refractivity contribution in [2.45, 2.75) is 12.5 Å². The van der Waals surface area contributed by atoms with Gasteiger partial charge in [-0.3, -0.25) is 0 Å². The van der Waals surface area contributed by atoms with Crippen LogP contribution in [0.3, 0.4) is 0 Å². The molecule has 2 aromatic rings. The summed E-state index contributed by atoms with van der Waals surface area (Å²) in [5.74, 6) is -2.15. The molecule has 0 spiro atoms. The summed E-state index contributed by atoms with van der Waals surface area (Å²) < 4.78 is 9.42. The molecule has 0 bridgehead atoms. The smallest absolute Gasteiger partial charge is 0.354 e.